The van der Waals surface area contributed by atoms with Gasteiger partial charge < -0.3 is 9.30 Å². The highest BCUT2D eigenvalue weighted by atomic mass is 16.5. The molecule has 0 saturated carbocycles. The third-order valence-electron chi connectivity index (χ3n) is 3.05. The van der Waals surface area contributed by atoms with Crippen molar-refractivity contribution in [2.45, 2.75) is 33.2 Å². The molecule has 2 rings (SSSR count). The number of imidazole rings is 1. The lowest BCUT2D eigenvalue weighted by Crippen LogP contribution is -2.05. The van der Waals surface area contributed by atoms with Crippen LogP contribution in [0.3, 0.4) is 0 Å². The van der Waals surface area contributed by atoms with E-state index in [-0.39, 0.29) is 0 Å². The maximum atomic E-state index is 5.42. The summed E-state index contributed by atoms with van der Waals surface area (Å²) in [4.78, 5) is 4.40. The van der Waals surface area contributed by atoms with Gasteiger partial charge in [0.25, 0.3) is 0 Å². The highest BCUT2D eigenvalue weighted by Gasteiger charge is 2.07. The highest BCUT2D eigenvalue weighted by molar-refractivity contribution is 5.37. The summed E-state index contributed by atoms with van der Waals surface area (Å²) in [5.74, 6) is 2.08. The highest BCUT2D eigenvalue weighted by Crippen LogP contribution is 2.21. The Labute approximate surface area is 108 Å². The van der Waals surface area contributed by atoms with E-state index in [1.165, 1.54) is 11.1 Å². The number of nitrogens with zero attached hydrogens (tertiary/aromatic N) is 2. The number of ether oxygens (including phenoxy) is 1. The summed E-state index contributed by atoms with van der Waals surface area (Å²) in [6.45, 7) is 5.09. The quantitative estimate of drug-likeness (QED) is 0.807. The van der Waals surface area contributed by atoms with E-state index in [4.69, 9.17) is 4.74 Å². The van der Waals surface area contributed by atoms with E-state index >= 15 is 0 Å². The first-order valence-electron chi connectivity index (χ1n) is 6.38. The zero-order valence-corrected chi connectivity index (χ0v) is 11.3. The van der Waals surface area contributed by atoms with E-state index in [0.29, 0.717) is 0 Å². The summed E-state index contributed by atoms with van der Waals surface area (Å²) >= 11 is 0. The van der Waals surface area contributed by atoms with E-state index < -0.39 is 0 Å². The Morgan fingerprint density at radius 1 is 1.33 bits per heavy atom. The van der Waals surface area contributed by atoms with Crippen LogP contribution in [0.2, 0.25) is 0 Å². The lowest BCUT2D eigenvalue weighted by atomic mass is 10.1. The fourth-order valence-electron chi connectivity index (χ4n) is 2.15. The van der Waals surface area contributed by atoms with Crippen LogP contribution in [0.5, 0.6) is 5.75 Å². The second-order valence-corrected chi connectivity index (χ2v) is 4.54. The maximum Gasteiger partial charge on any atom is 0.123 e. The number of aryl methyl sites for hydroxylation is 2. The van der Waals surface area contributed by atoms with Crippen molar-refractivity contribution in [2.24, 2.45) is 0 Å². The van der Waals surface area contributed by atoms with Crippen LogP contribution in [0.15, 0.2) is 30.6 Å². The molecule has 1 aromatic heterocycles. The SMILES string of the molecule is CCCc1nccn1Cc1cc(C)ccc1OC. The lowest BCUT2D eigenvalue weighted by Gasteiger charge is -2.12. The molecule has 0 aliphatic carbocycles. The smallest absolute Gasteiger partial charge is 0.123 e. The maximum absolute atomic E-state index is 5.42. The molecule has 0 spiro atoms. The van der Waals surface area contributed by atoms with Gasteiger partial charge in [0.15, 0.2) is 0 Å². The minimum Gasteiger partial charge on any atom is -0.496 e. The van der Waals surface area contributed by atoms with Gasteiger partial charge in [0, 0.05) is 24.4 Å². The summed E-state index contributed by atoms with van der Waals surface area (Å²) in [6, 6.07) is 6.28. The number of methoxy groups -OCH3 is 1. The molecule has 0 bridgehead atoms. The molecule has 1 heterocycles. The Morgan fingerprint density at radius 2 is 2.17 bits per heavy atom. The Morgan fingerprint density at radius 3 is 2.89 bits per heavy atom. The van der Waals surface area contributed by atoms with Crippen molar-refractivity contribution in [1.29, 1.82) is 0 Å². The van der Waals surface area contributed by atoms with E-state index in [1.807, 2.05) is 18.5 Å². The number of benzene rings is 1. The van der Waals surface area contributed by atoms with Crippen molar-refractivity contribution < 1.29 is 4.74 Å². The number of hydrogen-bond donors (Lipinski definition) is 0. The zero-order valence-electron chi connectivity index (χ0n) is 11.3. The predicted octanol–water partition coefficient (Wildman–Crippen LogP) is 3.20. The molecule has 0 aliphatic heterocycles. The summed E-state index contributed by atoms with van der Waals surface area (Å²) in [7, 11) is 1.72. The molecule has 0 aliphatic rings. The minimum absolute atomic E-state index is 0.820. The second kappa shape index (κ2) is 5.71. The molecule has 0 saturated heterocycles. The van der Waals surface area contributed by atoms with Crippen LogP contribution in [0, 0.1) is 6.92 Å². The standard InChI is InChI=1S/C15H20N2O/c1-4-5-15-16-8-9-17(15)11-13-10-12(2)6-7-14(13)18-3/h6-10H,4-5,11H2,1-3H3. The molecule has 18 heavy (non-hydrogen) atoms. The normalized spacial score (nSPS) is 10.6. The summed E-state index contributed by atoms with van der Waals surface area (Å²) in [5.41, 5.74) is 2.45. The molecular weight excluding hydrogens is 224 g/mol. The molecule has 0 unspecified atom stereocenters. The summed E-state index contributed by atoms with van der Waals surface area (Å²) < 4.78 is 7.61. The molecule has 0 N–H and O–H groups in total. The van der Waals surface area contributed by atoms with Gasteiger partial charge in [0.05, 0.1) is 13.7 Å². The van der Waals surface area contributed by atoms with Crippen molar-refractivity contribution in [1.82, 2.24) is 9.55 Å². The van der Waals surface area contributed by atoms with Crippen molar-refractivity contribution in [2.75, 3.05) is 7.11 Å². The Balaban J connectivity index is 2.27. The summed E-state index contributed by atoms with van der Waals surface area (Å²) in [6.07, 6.45) is 6.03. The lowest BCUT2D eigenvalue weighted by molar-refractivity contribution is 0.408. The molecule has 0 atom stereocenters. The molecule has 3 nitrogen and oxygen atoms in total. The van der Waals surface area contributed by atoms with Gasteiger partial charge in [-0.15, -0.1) is 0 Å². The third-order valence-corrected chi connectivity index (χ3v) is 3.05. The van der Waals surface area contributed by atoms with E-state index in [9.17, 15) is 0 Å². The molecule has 3 heteroatoms. The first-order chi connectivity index (χ1) is 8.74. The Hall–Kier alpha value is -1.77. The van der Waals surface area contributed by atoms with Crippen LogP contribution in [0.1, 0.15) is 30.3 Å². The van der Waals surface area contributed by atoms with Gasteiger partial charge in [-0.05, 0) is 19.4 Å². The molecule has 0 radical (unpaired) electrons. The second-order valence-electron chi connectivity index (χ2n) is 4.54. The largest absolute Gasteiger partial charge is 0.496 e. The van der Waals surface area contributed by atoms with Gasteiger partial charge in [0.2, 0.25) is 0 Å². The van der Waals surface area contributed by atoms with E-state index in [2.05, 4.69) is 35.5 Å². The Kier molecular flexibility index (Phi) is 4.03. The number of hydrogen-bond acceptors (Lipinski definition) is 2. The number of aromatic nitrogens is 2. The molecule has 0 amide bonds. The van der Waals surface area contributed by atoms with Gasteiger partial charge in [-0.3, -0.25) is 0 Å². The van der Waals surface area contributed by atoms with Crippen molar-refractivity contribution in [3.05, 3.63) is 47.5 Å². The van der Waals surface area contributed by atoms with E-state index in [0.717, 1.165) is 31.0 Å². The molecular formula is C15H20N2O. The first-order valence-corrected chi connectivity index (χ1v) is 6.38. The van der Waals surface area contributed by atoms with Gasteiger partial charge in [-0.1, -0.05) is 24.6 Å². The fraction of sp³-hybridized carbons (Fsp3) is 0.400. The van der Waals surface area contributed by atoms with Crippen LogP contribution < -0.4 is 4.74 Å². The fourth-order valence-corrected chi connectivity index (χ4v) is 2.15. The zero-order chi connectivity index (χ0) is 13.0. The minimum atomic E-state index is 0.820. The van der Waals surface area contributed by atoms with E-state index in [1.54, 1.807) is 7.11 Å². The van der Waals surface area contributed by atoms with Crippen molar-refractivity contribution in [3.8, 4) is 5.75 Å². The average molecular weight is 244 g/mol. The average Bonchev–Trinajstić information content (AvgIpc) is 2.78. The van der Waals surface area contributed by atoms with Crippen LogP contribution in [0.4, 0.5) is 0 Å². The number of rotatable bonds is 5. The van der Waals surface area contributed by atoms with Crippen molar-refractivity contribution >= 4 is 0 Å². The van der Waals surface area contributed by atoms with Crippen molar-refractivity contribution in [3.63, 3.8) is 0 Å². The molecule has 0 fully saturated rings. The van der Waals surface area contributed by atoms with Gasteiger partial charge in [-0.25, -0.2) is 4.98 Å². The molecule has 2 aromatic rings. The van der Waals surface area contributed by atoms with Gasteiger partial charge in [0.1, 0.15) is 11.6 Å². The van der Waals surface area contributed by atoms with Crippen LogP contribution >= 0.6 is 0 Å². The third kappa shape index (κ3) is 2.73. The first kappa shape index (κ1) is 12.7. The van der Waals surface area contributed by atoms with Crippen LogP contribution in [0.25, 0.3) is 0 Å². The van der Waals surface area contributed by atoms with Gasteiger partial charge >= 0.3 is 0 Å². The van der Waals surface area contributed by atoms with Crippen LogP contribution in [-0.2, 0) is 13.0 Å². The Bertz CT molecular complexity index is 517. The van der Waals surface area contributed by atoms with Crippen LogP contribution in [-0.4, -0.2) is 16.7 Å². The monoisotopic (exact) mass is 244 g/mol. The summed E-state index contributed by atoms with van der Waals surface area (Å²) in [5, 5.41) is 0. The molecule has 96 valence electrons. The van der Waals surface area contributed by atoms with Gasteiger partial charge in [-0.2, -0.15) is 0 Å². The topological polar surface area (TPSA) is 27.1 Å². The predicted molar refractivity (Wildman–Crippen MR) is 73.1 cm³/mol. The molecule has 1 aromatic carbocycles.